The zero-order chi connectivity index (χ0) is 11.4. The lowest BCUT2D eigenvalue weighted by atomic mass is 10.0. The van der Waals surface area contributed by atoms with Crippen molar-refractivity contribution in [2.24, 2.45) is 0 Å². The SMILES string of the molecule is O=C1Nc2cccc3c2c1cc1ncccc13. The molecule has 3 nitrogen and oxygen atoms in total. The van der Waals surface area contributed by atoms with E-state index in [1.165, 1.54) is 0 Å². The number of nitrogens with zero attached hydrogens (tertiary/aromatic N) is 1. The maximum Gasteiger partial charge on any atom is 0.256 e. The summed E-state index contributed by atoms with van der Waals surface area (Å²) < 4.78 is 0. The number of benzene rings is 2. The van der Waals surface area contributed by atoms with Crippen LogP contribution in [0.25, 0.3) is 21.7 Å². The third-order valence-electron chi connectivity index (χ3n) is 3.24. The number of hydrogen-bond donors (Lipinski definition) is 1. The number of aromatic nitrogens is 1. The molecule has 2 heterocycles. The highest BCUT2D eigenvalue weighted by Crippen LogP contribution is 2.36. The molecular formula is C14H8N2O. The van der Waals surface area contributed by atoms with Gasteiger partial charge in [-0.05, 0) is 23.6 Å². The molecule has 17 heavy (non-hydrogen) atoms. The van der Waals surface area contributed by atoms with Gasteiger partial charge in [0, 0.05) is 22.7 Å². The first-order valence-electron chi connectivity index (χ1n) is 5.46. The molecule has 0 fully saturated rings. The molecule has 0 aliphatic carbocycles. The summed E-state index contributed by atoms with van der Waals surface area (Å²) in [4.78, 5) is 16.2. The van der Waals surface area contributed by atoms with E-state index in [2.05, 4.69) is 10.3 Å². The first kappa shape index (κ1) is 8.70. The lowest BCUT2D eigenvalue weighted by Crippen LogP contribution is -2.03. The molecule has 0 radical (unpaired) electrons. The topological polar surface area (TPSA) is 42.0 Å². The highest BCUT2D eigenvalue weighted by atomic mass is 16.1. The van der Waals surface area contributed by atoms with Gasteiger partial charge in [-0.3, -0.25) is 9.78 Å². The van der Waals surface area contributed by atoms with Crippen molar-refractivity contribution in [3.8, 4) is 0 Å². The van der Waals surface area contributed by atoms with E-state index in [1.54, 1.807) is 6.20 Å². The largest absolute Gasteiger partial charge is 0.321 e. The zero-order valence-electron chi connectivity index (χ0n) is 8.90. The normalized spacial score (nSPS) is 13.3. The van der Waals surface area contributed by atoms with E-state index in [4.69, 9.17) is 0 Å². The second kappa shape index (κ2) is 2.83. The molecule has 3 aromatic rings. The standard InChI is InChI=1S/C14H8N2O/c17-14-10-7-12-8(4-2-6-15-12)9-3-1-5-11(16-14)13(9)10/h1-7H,(H,16,17). The van der Waals surface area contributed by atoms with Crippen molar-refractivity contribution < 1.29 is 4.79 Å². The summed E-state index contributed by atoms with van der Waals surface area (Å²) in [5.41, 5.74) is 2.49. The van der Waals surface area contributed by atoms with Gasteiger partial charge in [-0.15, -0.1) is 0 Å². The number of anilines is 1. The van der Waals surface area contributed by atoms with Crippen LogP contribution in [-0.2, 0) is 0 Å². The van der Waals surface area contributed by atoms with Crippen molar-refractivity contribution in [3.63, 3.8) is 0 Å². The molecule has 0 unspecified atom stereocenters. The maximum atomic E-state index is 11.9. The highest BCUT2D eigenvalue weighted by molar-refractivity contribution is 6.28. The van der Waals surface area contributed by atoms with Gasteiger partial charge in [0.05, 0.1) is 11.1 Å². The number of amides is 1. The first-order valence-corrected chi connectivity index (χ1v) is 5.46. The van der Waals surface area contributed by atoms with Crippen LogP contribution in [0.2, 0.25) is 0 Å². The predicted molar refractivity (Wildman–Crippen MR) is 67.2 cm³/mol. The van der Waals surface area contributed by atoms with Gasteiger partial charge in [0.1, 0.15) is 0 Å². The smallest absolute Gasteiger partial charge is 0.256 e. The van der Waals surface area contributed by atoms with Crippen molar-refractivity contribution in [3.05, 3.63) is 48.2 Å². The number of rotatable bonds is 0. The van der Waals surface area contributed by atoms with Gasteiger partial charge in [0.15, 0.2) is 0 Å². The summed E-state index contributed by atoms with van der Waals surface area (Å²) in [5, 5.41) is 6.06. The fourth-order valence-corrected chi connectivity index (χ4v) is 2.51. The molecule has 0 saturated heterocycles. The maximum absolute atomic E-state index is 11.9. The summed E-state index contributed by atoms with van der Waals surface area (Å²) >= 11 is 0. The van der Waals surface area contributed by atoms with Gasteiger partial charge < -0.3 is 5.32 Å². The van der Waals surface area contributed by atoms with Crippen LogP contribution in [0.1, 0.15) is 10.4 Å². The Morgan fingerprint density at radius 2 is 1.94 bits per heavy atom. The third-order valence-corrected chi connectivity index (χ3v) is 3.24. The van der Waals surface area contributed by atoms with Gasteiger partial charge in [-0.25, -0.2) is 0 Å². The highest BCUT2D eigenvalue weighted by Gasteiger charge is 2.22. The lowest BCUT2D eigenvalue weighted by molar-refractivity contribution is 0.103. The average Bonchev–Trinajstić information content (AvgIpc) is 2.68. The second-order valence-electron chi connectivity index (χ2n) is 4.18. The summed E-state index contributed by atoms with van der Waals surface area (Å²) in [6, 6.07) is 11.7. The number of pyridine rings is 1. The quantitative estimate of drug-likeness (QED) is 0.592. The minimum Gasteiger partial charge on any atom is -0.321 e. The van der Waals surface area contributed by atoms with Crippen molar-refractivity contribution >= 4 is 33.3 Å². The Labute approximate surface area is 97.1 Å². The molecule has 1 aromatic heterocycles. The molecular weight excluding hydrogens is 212 g/mol. The first-order chi connectivity index (χ1) is 8.34. The van der Waals surface area contributed by atoms with Crippen LogP contribution in [0.5, 0.6) is 0 Å². The Morgan fingerprint density at radius 3 is 2.88 bits per heavy atom. The Hall–Kier alpha value is -2.42. The van der Waals surface area contributed by atoms with Crippen molar-refractivity contribution in [2.75, 3.05) is 5.32 Å². The van der Waals surface area contributed by atoms with E-state index in [9.17, 15) is 4.79 Å². The van der Waals surface area contributed by atoms with Gasteiger partial charge in [0.2, 0.25) is 0 Å². The number of carbonyl (C=O) groups excluding carboxylic acids is 1. The summed E-state index contributed by atoms with van der Waals surface area (Å²) in [5.74, 6) is -0.0382. The van der Waals surface area contributed by atoms with E-state index in [0.29, 0.717) is 0 Å². The van der Waals surface area contributed by atoms with Crippen LogP contribution < -0.4 is 5.32 Å². The lowest BCUT2D eigenvalue weighted by Gasteiger charge is -2.03. The van der Waals surface area contributed by atoms with E-state index in [-0.39, 0.29) is 5.91 Å². The van der Waals surface area contributed by atoms with E-state index in [1.807, 2.05) is 36.4 Å². The Bertz CT molecular complexity index is 793. The molecule has 1 aliphatic heterocycles. The number of fused-ring (bicyclic) bond motifs is 2. The summed E-state index contributed by atoms with van der Waals surface area (Å²) in [6.07, 6.45) is 1.75. The average molecular weight is 220 g/mol. The van der Waals surface area contributed by atoms with Gasteiger partial charge in [0.25, 0.3) is 5.91 Å². The number of nitrogens with one attached hydrogen (secondary N) is 1. The molecule has 0 atom stereocenters. The van der Waals surface area contributed by atoms with E-state index in [0.717, 1.165) is 32.9 Å². The molecule has 0 saturated carbocycles. The minimum atomic E-state index is -0.0382. The van der Waals surface area contributed by atoms with Crippen molar-refractivity contribution in [2.45, 2.75) is 0 Å². The minimum absolute atomic E-state index is 0.0382. The second-order valence-corrected chi connectivity index (χ2v) is 4.18. The molecule has 3 heteroatoms. The zero-order valence-corrected chi connectivity index (χ0v) is 8.90. The van der Waals surface area contributed by atoms with E-state index < -0.39 is 0 Å². The van der Waals surface area contributed by atoms with Crippen LogP contribution in [0.15, 0.2) is 42.6 Å². The third kappa shape index (κ3) is 1.00. The molecule has 0 bridgehead atoms. The predicted octanol–water partition coefficient (Wildman–Crippen LogP) is 2.95. The van der Waals surface area contributed by atoms with Gasteiger partial charge in [-0.1, -0.05) is 18.2 Å². The van der Waals surface area contributed by atoms with Crippen LogP contribution in [0.4, 0.5) is 5.69 Å². The molecule has 1 amide bonds. The van der Waals surface area contributed by atoms with Gasteiger partial charge >= 0.3 is 0 Å². The molecule has 80 valence electrons. The monoisotopic (exact) mass is 220 g/mol. The molecule has 1 N–H and O–H groups in total. The fourth-order valence-electron chi connectivity index (χ4n) is 2.51. The molecule has 1 aliphatic rings. The molecule has 2 aromatic carbocycles. The van der Waals surface area contributed by atoms with Crippen molar-refractivity contribution in [1.82, 2.24) is 4.98 Å². The number of hydrogen-bond acceptors (Lipinski definition) is 2. The van der Waals surface area contributed by atoms with E-state index >= 15 is 0 Å². The molecule has 4 rings (SSSR count). The number of carbonyl (C=O) groups is 1. The molecule has 0 spiro atoms. The van der Waals surface area contributed by atoms with Crippen LogP contribution >= 0.6 is 0 Å². The van der Waals surface area contributed by atoms with Crippen LogP contribution in [-0.4, -0.2) is 10.9 Å². The van der Waals surface area contributed by atoms with Crippen LogP contribution in [0.3, 0.4) is 0 Å². The Kier molecular flexibility index (Phi) is 1.45. The van der Waals surface area contributed by atoms with Crippen LogP contribution in [0, 0.1) is 0 Å². The fraction of sp³-hybridized carbons (Fsp3) is 0. The van der Waals surface area contributed by atoms with Crippen molar-refractivity contribution in [1.29, 1.82) is 0 Å². The Morgan fingerprint density at radius 1 is 1.06 bits per heavy atom. The summed E-state index contributed by atoms with van der Waals surface area (Å²) in [6.45, 7) is 0. The van der Waals surface area contributed by atoms with Gasteiger partial charge in [-0.2, -0.15) is 0 Å². The Balaban J connectivity index is 2.36. The summed E-state index contributed by atoms with van der Waals surface area (Å²) in [7, 11) is 0.